The number of hydrogen-bond acceptors (Lipinski definition) is 4. The zero-order valence-electron chi connectivity index (χ0n) is 8.62. The summed E-state index contributed by atoms with van der Waals surface area (Å²) in [5, 5.41) is 0.351. The van der Waals surface area contributed by atoms with E-state index in [1.54, 1.807) is 0 Å². The first-order chi connectivity index (χ1) is 7.29. The average Bonchev–Trinajstić information content (AvgIpc) is 2.50. The van der Waals surface area contributed by atoms with Gasteiger partial charge < -0.3 is 10.6 Å². The van der Waals surface area contributed by atoms with Crippen LogP contribution in [0.5, 0.6) is 0 Å². The minimum absolute atomic E-state index is 0.351. The standard InChI is InChI=1S/C10H15ClN4/c11-9-8(12)10(14-7-13-9)15-5-3-1-2-4-6-15/h7H,1-6,12H2. The highest BCUT2D eigenvalue weighted by molar-refractivity contribution is 6.32. The molecule has 82 valence electrons. The fourth-order valence-corrected chi connectivity index (χ4v) is 2.03. The van der Waals surface area contributed by atoms with E-state index < -0.39 is 0 Å². The summed E-state index contributed by atoms with van der Waals surface area (Å²) >= 11 is 5.87. The lowest BCUT2D eigenvalue weighted by molar-refractivity contribution is 0.726. The third-order valence-corrected chi connectivity index (χ3v) is 3.02. The van der Waals surface area contributed by atoms with Crippen molar-refractivity contribution in [2.45, 2.75) is 25.7 Å². The van der Waals surface area contributed by atoms with Crippen LogP contribution in [0.4, 0.5) is 11.5 Å². The number of nitrogens with two attached hydrogens (primary N) is 1. The average molecular weight is 227 g/mol. The molecule has 0 amide bonds. The van der Waals surface area contributed by atoms with Gasteiger partial charge in [0, 0.05) is 13.1 Å². The third kappa shape index (κ3) is 2.31. The van der Waals surface area contributed by atoms with Gasteiger partial charge >= 0.3 is 0 Å². The van der Waals surface area contributed by atoms with Gasteiger partial charge in [-0.05, 0) is 12.8 Å². The Morgan fingerprint density at radius 1 is 1.13 bits per heavy atom. The number of nitrogen functional groups attached to an aromatic ring is 1. The molecule has 0 radical (unpaired) electrons. The van der Waals surface area contributed by atoms with E-state index in [1.165, 1.54) is 32.0 Å². The minimum Gasteiger partial charge on any atom is -0.393 e. The molecule has 0 spiro atoms. The maximum atomic E-state index is 5.87. The van der Waals surface area contributed by atoms with Crippen LogP contribution in [-0.2, 0) is 0 Å². The molecule has 2 heterocycles. The summed E-state index contributed by atoms with van der Waals surface area (Å²) in [5.74, 6) is 0.789. The Bertz CT molecular complexity index is 334. The second-order valence-electron chi connectivity index (χ2n) is 3.80. The molecular formula is C10H15ClN4. The van der Waals surface area contributed by atoms with Gasteiger partial charge in [-0.1, -0.05) is 24.4 Å². The second-order valence-corrected chi connectivity index (χ2v) is 4.16. The van der Waals surface area contributed by atoms with Crippen LogP contribution in [0.2, 0.25) is 5.15 Å². The third-order valence-electron chi connectivity index (χ3n) is 2.72. The first-order valence-electron chi connectivity index (χ1n) is 5.30. The van der Waals surface area contributed by atoms with E-state index in [1.807, 2.05) is 0 Å². The van der Waals surface area contributed by atoms with Crippen molar-refractivity contribution >= 4 is 23.1 Å². The Balaban J connectivity index is 2.23. The van der Waals surface area contributed by atoms with E-state index in [0.29, 0.717) is 10.8 Å². The van der Waals surface area contributed by atoms with E-state index in [2.05, 4.69) is 14.9 Å². The number of nitrogens with zero attached hydrogens (tertiary/aromatic N) is 3. The predicted molar refractivity (Wildman–Crippen MR) is 62.1 cm³/mol. The summed E-state index contributed by atoms with van der Waals surface area (Å²) in [6, 6.07) is 0. The van der Waals surface area contributed by atoms with Crippen LogP contribution in [0.25, 0.3) is 0 Å². The van der Waals surface area contributed by atoms with Crippen LogP contribution in [0.1, 0.15) is 25.7 Å². The molecule has 1 aromatic heterocycles. The Hall–Kier alpha value is -1.03. The van der Waals surface area contributed by atoms with Crippen LogP contribution in [0.3, 0.4) is 0 Å². The van der Waals surface area contributed by atoms with Gasteiger partial charge in [-0.25, -0.2) is 9.97 Å². The van der Waals surface area contributed by atoms with Gasteiger partial charge in [-0.15, -0.1) is 0 Å². The molecule has 0 atom stereocenters. The molecule has 4 nitrogen and oxygen atoms in total. The molecule has 1 aliphatic heterocycles. The summed E-state index contributed by atoms with van der Waals surface area (Å²) in [6.07, 6.45) is 6.44. The van der Waals surface area contributed by atoms with Gasteiger partial charge in [0.2, 0.25) is 0 Å². The van der Waals surface area contributed by atoms with Gasteiger partial charge in [-0.2, -0.15) is 0 Å². The van der Waals surface area contributed by atoms with Crippen LogP contribution in [-0.4, -0.2) is 23.1 Å². The lowest BCUT2D eigenvalue weighted by Crippen LogP contribution is -2.26. The van der Waals surface area contributed by atoms with Crippen molar-refractivity contribution in [3.63, 3.8) is 0 Å². The van der Waals surface area contributed by atoms with E-state index in [9.17, 15) is 0 Å². The number of anilines is 2. The lowest BCUT2D eigenvalue weighted by Gasteiger charge is -2.22. The van der Waals surface area contributed by atoms with E-state index in [0.717, 1.165) is 18.9 Å². The molecule has 1 fully saturated rings. The molecule has 5 heteroatoms. The molecule has 2 N–H and O–H groups in total. The fourth-order valence-electron chi connectivity index (χ4n) is 1.90. The van der Waals surface area contributed by atoms with Gasteiger partial charge in [-0.3, -0.25) is 0 Å². The summed E-state index contributed by atoms with van der Waals surface area (Å²) in [6.45, 7) is 2.02. The molecule has 15 heavy (non-hydrogen) atoms. The van der Waals surface area contributed by atoms with Gasteiger partial charge in [0.1, 0.15) is 12.0 Å². The van der Waals surface area contributed by atoms with Crippen molar-refractivity contribution in [3.05, 3.63) is 11.5 Å². The van der Waals surface area contributed by atoms with Gasteiger partial charge in [0.25, 0.3) is 0 Å². The van der Waals surface area contributed by atoms with Crippen molar-refractivity contribution in [2.75, 3.05) is 23.7 Å². The van der Waals surface area contributed by atoms with Crippen molar-refractivity contribution in [3.8, 4) is 0 Å². The first-order valence-corrected chi connectivity index (χ1v) is 5.68. The highest BCUT2D eigenvalue weighted by atomic mass is 35.5. The monoisotopic (exact) mass is 226 g/mol. The molecular weight excluding hydrogens is 212 g/mol. The summed E-state index contributed by atoms with van der Waals surface area (Å²) in [4.78, 5) is 10.3. The first kappa shape index (κ1) is 10.5. The maximum absolute atomic E-state index is 5.87. The minimum atomic E-state index is 0.351. The highest BCUT2D eigenvalue weighted by Crippen LogP contribution is 2.27. The Kier molecular flexibility index (Phi) is 3.26. The molecule has 0 aliphatic carbocycles. The number of hydrogen-bond donors (Lipinski definition) is 1. The molecule has 1 saturated heterocycles. The van der Waals surface area contributed by atoms with Crippen molar-refractivity contribution in [1.29, 1.82) is 0 Å². The normalized spacial score (nSPS) is 17.5. The summed E-state index contributed by atoms with van der Waals surface area (Å²) < 4.78 is 0. The maximum Gasteiger partial charge on any atom is 0.157 e. The van der Waals surface area contributed by atoms with Crippen molar-refractivity contribution in [2.24, 2.45) is 0 Å². The second kappa shape index (κ2) is 4.66. The number of aromatic nitrogens is 2. The van der Waals surface area contributed by atoms with E-state index >= 15 is 0 Å². The quantitative estimate of drug-likeness (QED) is 0.746. The largest absolute Gasteiger partial charge is 0.393 e. The molecule has 2 rings (SSSR count). The highest BCUT2D eigenvalue weighted by Gasteiger charge is 2.15. The van der Waals surface area contributed by atoms with Crippen molar-refractivity contribution < 1.29 is 0 Å². The molecule has 0 aromatic carbocycles. The zero-order chi connectivity index (χ0) is 10.7. The Labute approximate surface area is 94.5 Å². The summed E-state index contributed by atoms with van der Waals surface area (Å²) in [7, 11) is 0. The molecule has 1 aromatic rings. The van der Waals surface area contributed by atoms with Crippen molar-refractivity contribution in [1.82, 2.24) is 9.97 Å². The molecule has 0 saturated carbocycles. The Morgan fingerprint density at radius 3 is 2.47 bits per heavy atom. The van der Waals surface area contributed by atoms with Crippen LogP contribution in [0, 0.1) is 0 Å². The van der Waals surface area contributed by atoms with Crippen LogP contribution < -0.4 is 10.6 Å². The Morgan fingerprint density at radius 2 is 1.80 bits per heavy atom. The fraction of sp³-hybridized carbons (Fsp3) is 0.600. The smallest absolute Gasteiger partial charge is 0.157 e. The lowest BCUT2D eigenvalue weighted by atomic mass is 10.2. The number of halogens is 1. The van der Waals surface area contributed by atoms with Crippen LogP contribution >= 0.6 is 11.6 Å². The summed E-state index contributed by atoms with van der Waals surface area (Å²) in [5.41, 5.74) is 6.37. The SMILES string of the molecule is Nc1c(Cl)ncnc1N1CCCCCC1. The van der Waals surface area contributed by atoms with Gasteiger partial charge in [0.15, 0.2) is 11.0 Å². The van der Waals surface area contributed by atoms with E-state index in [4.69, 9.17) is 17.3 Å². The van der Waals surface area contributed by atoms with Crippen LogP contribution in [0.15, 0.2) is 6.33 Å². The number of rotatable bonds is 1. The topological polar surface area (TPSA) is 55.0 Å². The van der Waals surface area contributed by atoms with E-state index in [-0.39, 0.29) is 0 Å². The van der Waals surface area contributed by atoms with Gasteiger partial charge in [0.05, 0.1) is 0 Å². The predicted octanol–water partition coefficient (Wildman–Crippen LogP) is 2.09. The molecule has 1 aliphatic rings. The zero-order valence-corrected chi connectivity index (χ0v) is 9.37. The molecule has 0 unspecified atom stereocenters. The molecule has 0 bridgehead atoms.